The van der Waals surface area contributed by atoms with E-state index in [9.17, 15) is 4.79 Å². The first-order chi connectivity index (χ1) is 8.13. The normalized spacial score (nSPS) is 10.1. The molecule has 1 aromatic rings. The zero-order chi connectivity index (χ0) is 12.8. The lowest BCUT2D eigenvalue weighted by Crippen LogP contribution is -2.35. The molecule has 0 heterocycles. The molecular weight excluding hydrogens is 284 g/mol. The molecule has 0 saturated heterocycles. The Balaban J connectivity index is 3.02. The molecule has 1 amide bonds. The van der Waals surface area contributed by atoms with Crippen LogP contribution in [0.3, 0.4) is 0 Å². The smallest absolute Gasteiger partial charge is 0.257 e. The Morgan fingerprint density at radius 2 is 2.24 bits per heavy atom. The van der Waals surface area contributed by atoms with Crippen LogP contribution in [-0.4, -0.2) is 37.6 Å². The number of hydrogen-bond acceptors (Lipinski definition) is 3. The lowest BCUT2D eigenvalue weighted by atomic mass is 10.1. The molecule has 0 aliphatic carbocycles. The zero-order valence-electron chi connectivity index (χ0n) is 10.1. The van der Waals surface area contributed by atoms with E-state index in [2.05, 4.69) is 15.9 Å². The van der Waals surface area contributed by atoms with Gasteiger partial charge in [-0.25, -0.2) is 0 Å². The molecule has 0 fully saturated rings. The molecule has 0 aromatic heterocycles. The van der Waals surface area contributed by atoms with Crippen LogP contribution in [0.4, 0.5) is 0 Å². The van der Waals surface area contributed by atoms with Gasteiger partial charge in [0, 0.05) is 24.1 Å². The van der Waals surface area contributed by atoms with Crippen LogP contribution in [0.1, 0.15) is 17.3 Å². The van der Waals surface area contributed by atoms with Gasteiger partial charge in [-0.3, -0.25) is 4.79 Å². The number of halogens is 1. The summed E-state index contributed by atoms with van der Waals surface area (Å²) < 4.78 is 6.09. The highest BCUT2D eigenvalue weighted by molar-refractivity contribution is 9.10. The Kier molecular flexibility index (Phi) is 5.44. The van der Waals surface area contributed by atoms with E-state index in [4.69, 9.17) is 10.5 Å². The second-order valence-corrected chi connectivity index (χ2v) is 4.43. The van der Waals surface area contributed by atoms with E-state index in [1.54, 1.807) is 24.1 Å². The van der Waals surface area contributed by atoms with Gasteiger partial charge in [0.25, 0.3) is 5.91 Å². The van der Waals surface area contributed by atoms with Crippen molar-refractivity contribution in [2.75, 3.05) is 26.7 Å². The molecule has 4 nitrogen and oxygen atoms in total. The van der Waals surface area contributed by atoms with Crippen LogP contribution >= 0.6 is 15.9 Å². The minimum atomic E-state index is -0.0534. The van der Waals surface area contributed by atoms with Crippen LogP contribution in [0.2, 0.25) is 0 Å². The third kappa shape index (κ3) is 3.44. The number of hydrogen-bond donors (Lipinski definition) is 1. The summed E-state index contributed by atoms with van der Waals surface area (Å²) >= 11 is 3.35. The average Bonchev–Trinajstić information content (AvgIpc) is 2.34. The quantitative estimate of drug-likeness (QED) is 0.903. The maximum absolute atomic E-state index is 12.2. The molecule has 1 aromatic carbocycles. The fourth-order valence-corrected chi connectivity index (χ4v) is 1.91. The number of carbonyl (C=O) groups excluding carboxylic acids is 1. The van der Waals surface area contributed by atoms with Crippen LogP contribution in [0.15, 0.2) is 22.7 Å². The molecule has 0 atom stereocenters. The number of likely N-dealkylation sites (N-methyl/N-ethyl adjacent to an activating group) is 1. The van der Waals surface area contributed by atoms with Gasteiger partial charge in [0.2, 0.25) is 0 Å². The largest absolute Gasteiger partial charge is 0.496 e. The molecule has 94 valence electrons. The zero-order valence-corrected chi connectivity index (χ0v) is 11.7. The van der Waals surface area contributed by atoms with Gasteiger partial charge in [0.15, 0.2) is 0 Å². The van der Waals surface area contributed by atoms with Gasteiger partial charge in [-0.15, -0.1) is 0 Å². The second-order valence-electron chi connectivity index (χ2n) is 3.52. The molecule has 17 heavy (non-hydrogen) atoms. The summed E-state index contributed by atoms with van der Waals surface area (Å²) in [5.41, 5.74) is 6.04. The third-order valence-corrected chi connectivity index (χ3v) is 2.96. The second kappa shape index (κ2) is 6.61. The van der Waals surface area contributed by atoms with Crippen LogP contribution in [0, 0.1) is 0 Å². The monoisotopic (exact) mass is 300 g/mol. The summed E-state index contributed by atoms with van der Waals surface area (Å²) in [5.74, 6) is 0.516. The predicted molar refractivity (Wildman–Crippen MR) is 71.3 cm³/mol. The first-order valence-corrected chi connectivity index (χ1v) is 6.26. The Hall–Kier alpha value is -1.07. The Bertz CT molecular complexity index is 396. The highest BCUT2D eigenvalue weighted by Crippen LogP contribution is 2.24. The lowest BCUT2D eigenvalue weighted by molar-refractivity contribution is 0.0765. The molecule has 0 unspecified atom stereocenters. The summed E-state index contributed by atoms with van der Waals surface area (Å²) in [4.78, 5) is 13.9. The van der Waals surface area contributed by atoms with E-state index in [1.807, 2.05) is 13.0 Å². The van der Waals surface area contributed by atoms with E-state index in [0.29, 0.717) is 30.9 Å². The van der Waals surface area contributed by atoms with Crippen LogP contribution < -0.4 is 10.5 Å². The van der Waals surface area contributed by atoms with E-state index in [0.717, 1.165) is 4.47 Å². The van der Waals surface area contributed by atoms with Crippen molar-refractivity contribution in [3.8, 4) is 5.75 Å². The van der Waals surface area contributed by atoms with Gasteiger partial charge in [-0.05, 0) is 25.1 Å². The van der Waals surface area contributed by atoms with E-state index in [1.165, 1.54) is 0 Å². The van der Waals surface area contributed by atoms with Crippen LogP contribution in [0.25, 0.3) is 0 Å². The number of carbonyl (C=O) groups is 1. The number of methoxy groups -OCH3 is 1. The molecule has 5 heteroatoms. The number of amides is 1. The Morgan fingerprint density at radius 1 is 1.53 bits per heavy atom. The number of nitrogens with two attached hydrogens (primary N) is 1. The number of benzene rings is 1. The maximum Gasteiger partial charge on any atom is 0.257 e. The third-order valence-electron chi connectivity index (χ3n) is 2.46. The molecule has 2 N–H and O–H groups in total. The summed E-state index contributed by atoms with van der Waals surface area (Å²) in [6, 6.07) is 5.36. The average molecular weight is 301 g/mol. The van der Waals surface area contributed by atoms with E-state index in [-0.39, 0.29) is 5.91 Å². The first kappa shape index (κ1) is 14.0. The number of nitrogens with zero attached hydrogens (tertiary/aromatic N) is 1. The maximum atomic E-state index is 12.2. The van der Waals surface area contributed by atoms with Gasteiger partial charge in [-0.1, -0.05) is 15.9 Å². The van der Waals surface area contributed by atoms with Crippen molar-refractivity contribution >= 4 is 21.8 Å². The van der Waals surface area contributed by atoms with Crippen molar-refractivity contribution in [1.82, 2.24) is 4.90 Å². The summed E-state index contributed by atoms with van der Waals surface area (Å²) in [5, 5.41) is 0. The Morgan fingerprint density at radius 3 is 2.76 bits per heavy atom. The topological polar surface area (TPSA) is 55.6 Å². The lowest BCUT2D eigenvalue weighted by Gasteiger charge is -2.21. The summed E-state index contributed by atoms with van der Waals surface area (Å²) in [6.45, 7) is 3.57. The number of ether oxygens (including phenoxy) is 1. The fourth-order valence-electron chi connectivity index (χ4n) is 1.57. The molecule has 1 rings (SSSR count). The van der Waals surface area contributed by atoms with Gasteiger partial charge < -0.3 is 15.4 Å². The highest BCUT2D eigenvalue weighted by atomic mass is 79.9. The molecule has 0 spiro atoms. The van der Waals surface area contributed by atoms with Gasteiger partial charge in [-0.2, -0.15) is 0 Å². The molecule has 0 radical (unpaired) electrons. The molecule has 0 saturated carbocycles. The van der Waals surface area contributed by atoms with Crippen molar-refractivity contribution < 1.29 is 9.53 Å². The Labute approximate surface area is 110 Å². The molecular formula is C12H17BrN2O2. The van der Waals surface area contributed by atoms with Gasteiger partial charge in [0.05, 0.1) is 12.7 Å². The van der Waals surface area contributed by atoms with Crippen molar-refractivity contribution in [2.45, 2.75) is 6.92 Å². The standard InChI is InChI=1S/C12H17BrN2O2/c1-3-15(7-6-14)12(16)10-5-4-9(13)8-11(10)17-2/h4-5,8H,3,6-7,14H2,1-2H3. The first-order valence-electron chi connectivity index (χ1n) is 5.46. The van der Waals surface area contributed by atoms with E-state index < -0.39 is 0 Å². The minimum Gasteiger partial charge on any atom is -0.496 e. The van der Waals surface area contributed by atoms with E-state index >= 15 is 0 Å². The van der Waals surface area contributed by atoms with Crippen molar-refractivity contribution in [2.24, 2.45) is 5.73 Å². The predicted octanol–water partition coefficient (Wildman–Crippen LogP) is 1.88. The molecule has 0 aliphatic heterocycles. The van der Waals surface area contributed by atoms with Crippen LogP contribution in [-0.2, 0) is 0 Å². The highest BCUT2D eigenvalue weighted by Gasteiger charge is 2.17. The van der Waals surface area contributed by atoms with Crippen molar-refractivity contribution in [3.63, 3.8) is 0 Å². The fraction of sp³-hybridized carbons (Fsp3) is 0.417. The van der Waals surface area contributed by atoms with Gasteiger partial charge >= 0.3 is 0 Å². The molecule has 0 bridgehead atoms. The minimum absolute atomic E-state index is 0.0534. The van der Waals surface area contributed by atoms with Crippen molar-refractivity contribution in [1.29, 1.82) is 0 Å². The summed E-state index contributed by atoms with van der Waals surface area (Å²) in [7, 11) is 1.55. The van der Waals surface area contributed by atoms with Crippen LogP contribution in [0.5, 0.6) is 5.75 Å². The van der Waals surface area contributed by atoms with Gasteiger partial charge in [0.1, 0.15) is 5.75 Å². The SMILES string of the molecule is CCN(CCN)C(=O)c1ccc(Br)cc1OC. The van der Waals surface area contributed by atoms with Crippen molar-refractivity contribution in [3.05, 3.63) is 28.2 Å². The number of rotatable bonds is 5. The molecule has 0 aliphatic rings. The summed E-state index contributed by atoms with van der Waals surface area (Å²) in [6.07, 6.45) is 0.